The summed E-state index contributed by atoms with van der Waals surface area (Å²) in [6.45, 7) is 5.20. The zero-order chi connectivity index (χ0) is 25.9. The molecular weight excluding hydrogens is 464 g/mol. The van der Waals surface area contributed by atoms with Gasteiger partial charge in [-0.2, -0.15) is 0 Å². The summed E-state index contributed by atoms with van der Waals surface area (Å²) in [6, 6.07) is 13.9. The molecule has 2 N–H and O–H groups in total. The Kier molecular flexibility index (Phi) is 7.48. The number of benzene rings is 2. The third kappa shape index (κ3) is 5.65. The first-order valence-corrected chi connectivity index (χ1v) is 13.2. The third-order valence-corrected chi connectivity index (χ3v) is 7.25. The van der Waals surface area contributed by atoms with Crippen molar-refractivity contribution in [2.75, 3.05) is 32.7 Å². The Labute approximate surface area is 219 Å². The number of hydrogen-bond acceptors (Lipinski definition) is 8. The fourth-order valence-corrected chi connectivity index (χ4v) is 5.47. The molecule has 0 radical (unpaired) electrons. The molecule has 0 saturated heterocycles. The number of rotatable bonds is 8. The number of fused-ring (bicyclic) bond motifs is 1. The van der Waals surface area contributed by atoms with Crippen molar-refractivity contribution in [2.45, 2.75) is 57.7 Å². The maximum atomic E-state index is 5.63. The fraction of sp³-hybridized carbons (Fsp3) is 0.448. The molecule has 0 bridgehead atoms. The predicted molar refractivity (Wildman–Crippen MR) is 149 cm³/mol. The highest BCUT2D eigenvalue weighted by Gasteiger charge is 2.28. The molecule has 5 rings (SSSR count). The lowest BCUT2D eigenvalue weighted by molar-refractivity contribution is 0.324. The number of nitrogens with zero attached hydrogens (tertiary/aromatic N) is 4. The average Bonchev–Trinajstić information content (AvgIpc) is 3.35. The minimum absolute atomic E-state index is 0.353. The average molecular weight is 503 g/mol. The molecule has 3 aromatic rings. The van der Waals surface area contributed by atoms with Gasteiger partial charge in [0.05, 0.1) is 37.1 Å². The molecule has 1 fully saturated rings. The van der Waals surface area contributed by atoms with E-state index in [1.54, 1.807) is 14.2 Å². The highest BCUT2D eigenvalue weighted by Crippen LogP contribution is 2.39. The van der Waals surface area contributed by atoms with E-state index in [-0.39, 0.29) is 0 Å². The molecule has 1 saturated carbocycles. The van der Waals surface area contributed by atoms with Crippen LogP contribution in [0, 0.1) is 0 Å². The van der Waals surface area contributed by atoms with Crippen LogP contribution in [0.15, 0.2) is 48.8 Å². The summed E-state index contributed by atoms with van der Waals surface area (Å²) in [7, 11) is 5.39. The van der Waals surface area contributed by atoms with Crippen molar-refractivity contribution >= 4 is 28.0 Å². The van der Waals surface area contributed by atoms with Crippen LogP contribution in [0.3, 0.4) is 0 Å². The quantitative estimate of drug-likeness (QED) is 0.451. The molecule has 1 aromatic heterocycles. The maximum Gasteiger partial charge on any atom is 0.124 e. The van der Waals surface area contributed by atoms with Gasteiger partial charge in [-0.1, -0.05) is 13.8 Å². The summed E-state index contributed by atoms with van der Waals surface area (Å²) >= 11 is 0. The van der Waals surface area contributed by atoms with Crippen LogP contribution in [0.1, 0.15) is 45.2 Å². The molecule has 2 aliphatic rings. The number of hydrogen-bond donors (Lipinski definition) is 2. The molecule has 0 amide bonds. The summed E-state index contributed by atoms with van der Waals surface area (Å²) in [6.07, 6.45) is 8.41. The van der Waals surface area contributed by atoms with Gasteiger partial charge in [0.2, 0.25) is 0 Å². The van der Waals surface area contributed by atoms with Crippen molar-refractivity contribution in [2.24, 2.45) is 0 Å². The van der Waals surface area contributed by atoms with Crippen LogP contribution < -0.4 is 25.1 Å². The van der Waals surface area contributed by atoms with Gasteiger partial charge in [0.25, 0.3) is 0 Å². The van der Waals surface area contributed by atoms with Crippen LogP contribution in [0.5, 0.6) is 11.5 Å². The number of nitrogens with one attached hydrogen (secondary N) is 2. The SMILES string of the molecule is COc1cc(OC)cc(N(c2ccc3ncc(C4=CN(C)NC4)nc3c2)C2CCC(NC(C)C)CC2)c1. The summed E-state index contributed by atoms with van der Waals surface area (Å²) in [5.74, 6) is 1.56. The first-order chi connectivity index (χ1) is 17.9. The van der Waals surface area contributed by atoms with E-state index < -0.39 is 0 Å². The van der Waals surface area contributed by atoms with Crippen LogP contribution in [0.4, 0.5) is 11.4 Å². The molecule has 8 heteroatoms. The van der Waals surface area contributed by atoms with E-state index in [4.69, 9.17) is 19.4 Å². The molecule has 37 heavy (non-hydrogen) atoms. The Hall–Kier alpha value is -3.36. The summed E-state index contributed by atoms with van der Waals surface area (Å²) in [5, 5.41) is 5.69. The van der Waals surface area contributed by atoms with Crippen molar-refractivity contribution < 1.29 is 9.47 Å². The van der Waals surface area contributed by atoms with Crippen LogP contribution in [-0.2, 0) is 0 Å². The van der Waals surface area contributed by atoms with Crippen molar-refractivity contribution in [1.82, 2.24) is 25.7 Å². The van der Waals surface area contributed by atoms with Gasteiger partial charge in [-0.3, -0.25) is 4.98 Å². The number of anilines is 2. The van der Waals surface area contributed by atoms with E-state index in [9.17, 15) is 0 Å². The van der Waals surface area contributed by atoms with Gasteiger partial charge in [0.1, 0.15) is 11.5 Å². The van der Waals surface area contributed by atoms with Gasteiger partial charge in [0.15, 0.2) is 0 Å². The molecule has 1 aliphatic carbocycles. The van der Waals surface area contributed by atoms with Gasteiger partial charge < -0.3 is 24.7 Å². The van der Waals surface area contributed by atoms with Gasteiger partial charge in [0, 0.05) is 73.1 Å². The van der Waals surface area contributed by atoms with Crippen LogP contribution in [-0.4, -0.2) is 60.9 Å². The fourth-order valence-electron chi connectivity index (χ4n) is 5.47. The van der Waals surface area contributed by atoms with E-state index >= 15 is 0 Å². The van der Waals surface area contributed by atoms with E-state index in [1.807, 2.05) is 24.3 Å². The molecule has 1 aliphatic heterocycles. The highest BCUT2D eigenvalue weighted by atomic mass is 16.5. The number of hydrazine groups is 1. The summed E-state index contributed by atoms with van der Waals surface area (Å²) in [4.78, 5) is 12.2. The van der Waals surface area contributed by atoms with E-state index in [0.717, 1.165) is 77.4 Å². The second-order valence-corrected chi connectivity index (χ2v) is 10.3. The largest absolute Gasteiger partial charge is 0.497 e. The lowest BCUT2D eigenvalue weighted by Crippen LogP contribution is -2.42. The Morgan fingerprint density at radius 2 is 1.70 bits per heavy atom. The third-order valence-electron chi connectivity index (χ3n) is 7.25. The van der Waals surface area contributed by atoms with E-state index in [2.05, 4.69) is 66.0 Å². The van der Waals surface area contributed by atoms with Crippen molar-refractivity contribution in [3.63, 3.8) is 0 Å². The monoisotopic (exact) mass is 502 g/mol. The van der Waals surface area contributed by atoms with Crippen LogP contribution in [0.2, 0.25) is 0 Å². The first kappa shape index (κ1) is 25.3. The molecule has 8 nitrogen and oxygen atoms in total. The van der Waals surface area contributed by atoms with Gasteiger partial charge in [-0.25, -0.2) is 10.4 Å². The lowest BCUT2D eigenvalue weighted by atomic mass is 9.89. The van der Waals surface area contributed by atoms with Crippen molar-refractivity contribution in [1.29, 1.82) is 0 Å². The van der Waals surface area contributed by atoms with Crippen molar-refractivity contribution in [3.05, 3.63) is 54.5 Å². The summed E-state index contributed by atoms with van der Waals surface area (Å²) < 4.78 is 11.3. The van der Waals surface area contributed by atoms with E-state index in [1.165, 1.54) is 0 Å². The van der Waals surface area contributed by atoms with Gasteiger partial charge in [-0.15, -0.1) is 0 Å². The minimum Gasteiger partial charge on any atom is -0.497 e. The molecule has 196 valence electrons. The number of methoxy groups -OCH3 is 2. The summed E-state index contributed by atoms with van der Waals surface area (Å²) in [5.41, 5.74) is 9.25. The maximum absolute atomic E-state index is 5.63. The molecule has 2 heterocycles. The second-order valence-electron chi connectivity index (χ2n) is 10.3. The van der Waals surface area contributed by atoms with Crippen molar-refractivity contribution in [3.8, 4) is 11.5 Å². The Morgan fingerprint density at radius 3 is 2.32 bits per heavy atom. The first-order valence-electron chi connectivity index (χ1n) is 13.2. The molecule has 0 spiro atoms. The lowest BCUT2D eigenvalue weighted by Gasteiger charge is -2.39. The Bertz CT molecular complexity index is 1250. The molecule has 0 unspecified atom stereocenters. The van der Waals surface area contributed by atoms with Crippen LogP contribution >= 0.6 is 0 Å². The Balaban J connectivity index is 1.54. The number of aromatic nitrogens is 2. The topological polar surface area (TPSA) is 74.8 Å². The zero-order valence-electron chi connectivity index (χ0n) is 22.5. The molecular formula is C29H38N6O2. The number of ether oxygens (including phenoxy) is 2. The normalized spacial score (nSPS) is 19.8. The molecule has 2 aromatic carbocycles. The highest BCUT2D eigenvalue weighted by molar-refractivity contribution is 5.83. The minimum atomic E-state index is 0.353. The second kappa shape index (κ2) is 10.9. The standard InChI is InChI=1S/C29H38N6O2/c1-19(2)32-21-6-8-22(9-7-21)35(24-12-25(36-4)15-26(13-24)37-5)23-10-11-27-28(14-23)33-29(17-30-27)20-16-31-34(3)18-20/h10-15,17-19,21-22,31-32H,6-9,16H2,1-5H3. The van der Waals surface area contributed by atoms with Gasteiger partial charge in [-0.05, 0) is 43.9 Å². The van der Waals surface area contributed by atoms with Crippen LogP contribution in [0.25, 0.3) is 16.6 Å². The smallest absolute Gasteiger partial charge is 0.124 e. The predicted octanol–water partition coefficient (Wildman–Crippen LogP) is 4.89. The Morgan fingerprint density at radius 1 is 0.973 bits per heavy atom. The van der Waals surface area contributed by atoms with E-state index in [0.29, 0.717) is 18.1 Å². The van der Waals surface area contributed by atoms with Gasteiger partial charge >= 0.3 is 0 Å². The molecule has 0 atom stereocenters. The zero-order valence-corrected chi connectivity index (χ0v) is 22.5.